The van der Waals surface area contributed by atoms with E-state index in [1.165, 1.54) is 0 Å². The number of sulfone groups is 1. The van der Waals surface area contributed by atoms with Crippen molar-refractivity contribution in [3.63, 3.8) is 0 Å². The Morgan fingerprint density at radius 2 is 1.77 bits per heavy atom. The third kappa shape index (κ3) is 4.83. The van der Waals surface area contributed by atoms with Crippen molar-refractivity contribution in [2.75, 3.05) is 11.5 Å². The molecular formula is C19H21NO5S. The lowest BCUT2D eigenvalue weighted by Crippen LogP contribution is -2.43. The second-order valence-electron chi connectivity index (χ2n) is 6.38. The lowest BCUT2D eigenvalue weighted by atomic mass is 10.1. The number of rotatable bonds is 6. The topological polar surface area (TPSA) is 92.7 Å². The number of carbonyl (C=O) groups excluding carboxylic acids is 1. The van der Waals surface area contributed by atoms with Crippen molar-refractivity contribution in [3.05, 3.63) is 65.7 Å². The van der Waals surface area contributed by atoms with Crippen LogP contribution in [0, 0.1) is 0 Å². The molecule has 0 saturated carbocycles. The molecule has 1 saturated heterocycles. The van der Waals surface area contributed by atoms with Gasteiger partial charge < -0.3 is 15.2 Å². The molecule has 3 rings (SSSR count). The molecule has 2 N–H and O–H groups in total. The third-order valence-electron chi connectivity index (χ3n) is 4.23. The van der Waals surface area contributed by atoms with Crippen molar-refractivity contribution in [2.24, 2.45) is 0 Å². The molecule has 1 heterocycles. The van der Waals surface area contributed by atoms with Gasteiger partial charge in [-0.15, -0.1) is 0 Å². The van der Waals surface area contributed by atoms with Gasteiger partial charge in [0, 0.05) is 5.56 Å². The Hall–Kier alpha value is -2.38. The van der Waals surface area contributed by atoms with Crippen molar-refractivity contribution in [1.29, 1.82) is 0 Å². The maximum absolute atomic E-state index is 12.3. The van der Waals surface area contributed by atoms with Crippen LogP contribution >= 0.6 is 0 Å². The Bertz CT molecular complexity index is 867. The van der Waals surface area contributed by atoms with E-state index < -0.39 is 22.0 Å². The zero-order chi connectivity index (χ0) is 18.6. The highest BCUT2D eigenvalue weighted by Crippen LogP contribution is 2.20. The fourth-order valence-electron chi connectivity index (χ4n) is 2.92. The Morgan fingerprint density at radius 1 is 1.08 bits per heavy atom. The molecule has 0 spiro atoms. The maximum atomic E-state index is 12.3. The maximum Gasteiger partial charge on any atom is 0.224 e. The van der Waals surface area contributed by atoms with E-state index in [-0.39, 0.29) is 23.8 Å². The number of benzene rings is 2. The van der Waals surface area contributed by atoms with Crippen LogP contribution in [0.2, 0.25) is 0 Å². The molecule has 6 nitrogen and oxygen atoms in total. The van der Waals surface area contributed by atoms with Crippen molar-refractivity contribution in [1.82, 2.24) is 5.32 Å². The molecule has 0 bridgehead atoms. The lowest BCUT2D eigenvalue weighted by molar-refractivity contribution is -0.121. The zero-order valence-electron chi connectivity index (χ0n) is 14.2. The van der Waals surface area contributed by atoms with Crippen molar-refractivity contribution in [2.45, 2.75) is 25.2 Å². The standard InChI is InChI=1S/C19H21NO5S/c21-17-13-26(23,24)12-16(17)20-19(22)10-15-8-4-5-9-18(15)25-11-14-6-2-1-3-7-14/h1-9,16-17,21H,10-13H2,(H,20,22)/t16-,17-/m1/s1. The molecule has 0 aromatic heterocycles. The number of ether oxygens (including phenoxy) is 1. The summed E-state index contributed by atoms with van der Waals surface area (Å²) in [5, 5.41) is 12.4. The number of aliphatic hydroxyl groups excluding tert-OH is 1. The van der Waals surface area contributed by atoms with Gasteiger partial charge in [0.05, 0.1) is 30.1 Å². The molecule has 2 atom stereocenters. The number of hydrogen-bond donors (Lipinski definition) is 2. The van der Waals surface area contributed by atoms with Crippen LogP contribution < -0.4 is 10.1 Å². The van der Waals surface area contributed by atoms with E-state index in [1.54, 1.807) is 12.1 Å². The van der Waals surface area contributed by atoms with Crippen LogP contribution in [0.4, 0.5) is 0 Å². The van der Waals surface area contributed by atoms with Gasteiger partial charge >= 0.3 is 0 Å². The Balaban J connectivity index is 1.62. The van der Waals surface area contributed by atoms with Crippen LogP contribution in [0.5, 0.6) is 5.75 Å². The average molecular weight is 375 g/mol. The summed E-state index contributed by atoms with van der Waals surface area (Å²) in [7, 11) is -3.30. The fraction of sp³-hybridized carbons (Fsp3) is 0.316. The normalized spacial score (nSPS) is 21.3. The minimum atomic E-state index is -3.30. The molecule has 1 fully saturated rings. The van der Waals surface area contributed by atoms with Gasteiger partial charge in [0.1, 0.15) is 12.4 Å². The number of carbonyl (C=O) groups is 1. The van der Waals surface area contributed by atoms with Crippen molar-refractivity contribution in [3.8, 4) is 5.75 Å². The third-order valence-corrected chi connectivity index (χ3v) is 5.95. The van der Waals surface area contributed by atoms with Gasteiger partial charge in [0.2, 0.25) is 5.91 Å². The van der Waals surface area contributed by atoms with Gasteiger partial charge in [-0.2, -0.15) is 0 Å². The summed E-state index contributed by atoms with van der Waals surface area (Å²) in [5.41, 5.74) is 1.72. The van der Waals surface area contributed by atoms with Crippen LogP contribution in [0.25, 0.3) is 0 Å². The van der Waals surface area contributed by atoms with Crippen molar-refractivity contribution >= 4 is 15.7 Å². The van der Waals surface area contributed by atoms with E-state index in [4.69, 9.17) is 4.74 Å². The number of aliphatic hydroxyl groups is 1. The van der Waals surface area contributed by atoms with E-state index in [0.29, 0.717) is 17.9 Å². The number of amides is 1. The fourth-order valence-corrected chi connectivity index (χ4v) is 4.67. The molecule has 1 amide bonds. The molecule has 2 aromatic carbocycles. The summed E-state index contributed by atoms with van der Waals surface area (Å²) in [6.07, 6.45) is -1.01. The molecule has 0 aliphatic carbocycles. The van der Waals surface area contributed by atoms with Crippen LogP contribution in [0.1, 0.15) is 11.1 Å². The molecule has 0 radical (unpaired) electrons. The first-order chi connectivity index (χ1) is 12.4. The quantitative estimate of drug-likeness (QED) is 0.788. The van der Waals surface area contributed by atoms with Gasteiger partial charge in [0.15, 0.2) is 9.84 Å². The highest BCUT2D eigenvalue weighted by Gasteiger charge is 2.37. The summed E-state index contributed by atoms with van der Waals surface area (Å²) in [4.78, 5) is 12.3. The molecule has 7 heteroatoms. The highest BCUT2D eigenvalue weighted by molar-refractivity contribution is 7.91. The summed E-state index contributed by atoms with van der Waals surface area (Å²) < 4.78 is 28.9. The molecule has 1 aliphatic rings. The first-order valence-corrected chi connectivity index (χ1v) is 10.2. The monoisotopic (exact) mass is 375 g/mol. The molecule has 1 aliphatic heterocycles. The van der Waals surface area contributed by atoms with Gasteiger partial charge in [-0.3, -0.25) is 4.79 Å². The Kier molecular flexibility index (Phi) is 5.58. The molecule has 0 unspecified atom stereocenters. The van der Waals surface area contributed by atoms with Gasteiger partial charge in [-0.05, 0) is 11.6 Å². The molecular weight excluding hydrogens is 354 g/mol. The first kappa shape index (κ1) is 18.4. The van der Waals surface area contributed by atoms with Crippen molar-refractivity contribution < 1.29 is 23.1 Å². The minimum absolute atomic E-state index is 0.0498. The summed E-state index contributed by atoms with van der Waals surface area (Å²) in [5.74, 6) is -0.283. The summed E-state index contributed by atoms with van der Waals surface area (Å²) >= 11 is 0. The second kappa shape index (κ2) is 7.88. The predicted octanol–water partition coefficient (Wildman–Crippen LogP) is 1.08. The number of para-hydroxylation sites is 1. The van der Waals surface area contributed by atoms with Gasteiger partial charge in [0.25, 0.3) is 0 Å². The van der Waals surface area contributed by atoms with E-state index in [0.717, 1.165) is 5.56 Å². The minimum Gasteiger partial charge on any atom is -0.489 e. The van der Waals surface area contributed by atoms with E-state index >= 15 is 0 Å². The number of nitrogens with one attached hydrogen (secondary N) is 1. The van der Waals surface area contributed by atoms with Gasteiger partial charge in [-0.1, -0.05) is 48.5 Å². The molecule has 2 aromatic rings. The van der Waals surface area contributed by atoms with Crippen LogP contribution in [0.3, 0.4) is 0 Å². The largest absolute Gasteiger partial charge is 0.489 e. The molecule has 26 heavy (non-hydrogen) atoms. The SMILES string of the molecule is O=C(Cc1ccccc1OCc1ccccc1)N[C@@H]1CS(=O)(=O)C[C@H]1O. The second-order valence-corrected chi connectivity index (χ2v) is 8.53. The van der Waals surface area contributed by atoms with E-state index in [9.17, 15) is 18.3 Å². The van der Waals surface area contributed by atoms with Gasteiger partial charge in [-0.25, -0.2) is 8.42 Å². The van der Waals surface area contributed by atoms with Crippen LogP contribution in [-0.2, 0) is 27.7 Å². The average Bonchev–Trinajstić information content (AvgIpc) is 2.86. The summed E-state index contributed by atoms with van der Waals surface area (Å²) in [6.45, 7) is 0.388. The zero-order valence-corrected chi connectivity index (χ0v) is 15.0. The smallest absolute Gasteiger partial charge is 0.224 e. The van der Waals surface area contributed by atoms with Crippen LogP contribution in [-0.4, -0.2) is 43.1 Å². The Labute approximate surface area is 152 Å². The van der Waals surface area contributed by atoms with E-state index in [2.05, 4.69) is 5.32 Å². The molecule has 138 valence electrons. The predicted molar refractivity (Wildman–Crippen MR) is 97.5 cm³/mol. The highest BCUT2D eigenvalue weighted by atomic mass is 32.2. The van der Waals surface area contributed by atoms with E-state index in [1.807, 2.05) is 42.5 Å². The first-order valence-electron chi connectivity index (χ1n) is 8.35. The Morgan fingerprint density at radius 3 is 2.46 bits per heavy atom. The summed E-state index contributed by atoms with van der Waals surface area (Å²) in [6, 6.07) is 16.2. The van der Waals surface area contributed by atoms with Crippen LogP contribution in [0.15, 0.2) is 54.6 Å². The lowest BCUT2D eigenvalue weighted by Gasteiger charge is -2.16. The number of hydrogen-bond acceptors (Lipinski definition) is 5.